The number of rotatable bonds is 9. The second kappa shape index (κ2) is 10.2. The average molecular weight is 431 g/mol. The van der Waals surface area contributed by atoms with Crippen LogP contribution in [-0.4, -0.2) is 23.5 Å². The average Bonchev–Trinajstić information content (AvgIpc) is 3.51. The molecule has 0 saturated heterocycles. The Balaban J connectivity index is 1.25. The molecular formula is C24H21N3O5. The van der Waals surface area contributed by atoms with Crippen LogP contribution in [0, 0.1) is 0 Å². The summed E-state index contributed by atoms with van der Waals surface area (Å²) in [7, 11) is 0. The van der Waals surface area contributed by atoms with E-state index in [4.69, 9.17) is 13.7 Å². The Kier molecular flexibility index (Phi) is 6.74. The highest BCUT2D eigenvalue weighted by Gasteiger charge is 2.14. The standard InChI is InChI=1S/C24H21N3O5/c28-23(14-25-24(29)21-13-22(32-27-21)18-7-2-1-3-8-18)26-19-9-4-6-17(12-19)15-30-16-20-10-5-11-31-20/h1-13H,14-16H2,(H,25,29)(H,26,28). The van der Waals surface area contributed by atoms with Crippen molar-refractivity contribution in [1.29, 1.82) is 0 Å². The van der Waals surface area contributed by atoms with Crippen molar-refractivity contribution in [1.82, 2.24) is 10.5 Å². The Morgan fingerprint density at radius 3 is 2.62 bits per heavy atom. The number of furan rings is 1. The summed E-state index contributed by atoms with van der Waals surface area (Å²) in [5.74, 6) is 0.365. The lowest BCUT2D eigenvalue weighted by Crippen LogP contribution is -2.33. The van der Waals surface area contributed by atoms with Gasteiger partial charge in [-0.05, 0) is 29.8 Å². The Bertz CT molecular complexity index is 1170. The Morgan fingerprint density at radius 1 is 0.938 bits per heavy atom. The van der Waals surface area contributed by atoms with Crippen molar-refractivity contribution in [3.05, 3.63) is 96.1 Å². The van der Waals surface area contributed by atoms with E-state index in [9.17, 15) is 9.59 Å². The van der Waals surface area contributed by atoms with Gasteiger partial charge in [0.05, 0.1) is 19.4 Å². The van der Waals surface area contributed by atoms with Crippen molar-refractivity contribution in [2.75, 3.05) is 11.9 Å². The molecule has 0 aliphatic carbocycles. The number of hydrogen-bond acceptors (Lipinski definition) is 6. The quantitative estimate of drug-likeness (QED) is 0.415. The second-order valence-corrected chi connectivity index (χ2v) is 6.95. The predicted octanol–water partition coefficient (Wildman–Crippen LogP) is 4.02. The van der Waals surface area contributed by atoms with E-state index in [-0.39, 0.29) is 18.1 Å². The number of aromatic nitrogens is 1. The van der Waals surface area contributed by atoms with Crippen molar-refractivity contribution < 1.29 is 23.3 Å². The Morgan fingerprint density at radius 2 is 1.81 bits per heavy atom. The molecule has 4 rings (SSSR count). The zero-order valence-electron chi connectivity index (χ0n) is 17.1. The van der Waals surface area contributed by atoms with Crippen LogP contribution in [0.25, 0.3) is 11.3 Å². The van der Waals surface area contributed by atoms with Crippen molar-refractivity contribution in [3.63, 3.8) is 0 Å². The highest BCUT2D eigenvalue weighted by molar-refractivity contribution is 5.98. The minimum atomic E-state index is -0.494. The van der Waals surface area contributed by atoms with Gasteiger partial charge in [0.15, 0.2) is 11.5 Å². The maximum absolute atomic E-state index is 12.3. The van der Waals surface area contributed by atoms with Crippen molar-refractivity contribution >= 4 is 17.5 Å². The number of benzene rings is 2. The zero-order valence-corrected chi connectivity index (χ0v) is 17.1. The first kappa shape index (κ1) is 21.1. The minimum Gasteiger partial charge on any atom is -0.467 e. The number of carbonyl (C=O) groups excluding carboxylic acids is 2. The molecule has 0 bridgehead atoms. The number of hydrogen-bond donors (Lipinski definition) is 2. The molecule has 8 heteroatoms. The maximum Gasteiger partial charge on any atom is 0.273 e. The molecule has 0 spiro atoms. The van der Waals surface area contributed by atoms with Crippen molar-refractivity contribution in [3.8, 4) is 11.3 Å². The largest absolute Gasteiger partial charge is 0.467 e. The van der Waals surface area contributed by atoms with Crippen LogP contribution in [0.4, 0.5) is 5.69 Å². The molecule has 2 aromatic heterocycles. The zero-order chi connectivity index (χ0) is 22.2. The molecule has 2 heterocycles. The van der Waals surface area contributed by atoms with E-state index in [2.05, 4.69) is 15.8 Å². The first-order valence-corrected chi connectivity index (χ1v) is 9.96. The van der Waals surface area contributed by atoms with Crippen molar-refractivity contribution in [2.45, 2.75) is 13.2 Å². The number of nitrogens with one attached hydrogen (secondary N) is 2. The molecule has 0 atom stereocenters. The summed E-state index contributed by atoms with van der Waals surface area (Å²) in [6, 6.07) is 21.8. The first-order valence-electron chi connectivity index (χ1n) is 9.96. The van der Waals surface area contributed by atoms with E-state index in [1.165, 1.54) is 6.07 Å². The SMILES string of the molecule is O=C(CNC(=O)c1cc(-c2ccccc2)on1)Nc1cccc(COCc2ccco2)c1. The lowest BCUT2D eigenvalue weighted by molar-refractivity contribution is -0.115. The minimum absolute atomic E-state index is 0.104. The topological polar surface area (TPSA) is 107 Å². The number of ether oxygens (including phenoxy) is 1. The molecule has 4 aromatic rings. The van der Waals surface area contributed by atoms with Gasteiger partial charge in [-0.3, -0.25) is 9.59 Å². The molecule has 0 fully saturated rings. The van der Waals surface area contributed by atoms with Crippen LogP contribution < -0.4 is 10.6 Å². The number of nitrogens with zero attached hydrogens (tertiary/aromatic N) is 1. The van der Waals surface area contributed by atoms with E-state index in [0.717, 1.165) is 16.9 Å². The Labute approximate surface area is 184 Å². The number of anilines is 1. The lowest BCUT2D eigenvalue weighted by atomic mass is 10.1. The van der Waals surface area contributed by atoms with E-state index >= 15 is 0 Å². The molecule has 8 nitrogen and oxygen atoms in total. The van der Waals surface area contributed by atoms with E-state index in [1.807, 2.05) is 54.6 Å². The van der Waals surface area contributed by atoms with Crippen LogP contribution in [0.1, 0.15) is 21.8 Å². The van der Waals surface area contributed by atoms with Gasteiger partial charge < -0.3 is 24.3 Å². The van der Waals surface area contributed by atoms with E-state index in [0.29, 0.717) is 24.7 Å². The molecule has 0 aliphatic rings. The van der Waals surface area contributed by atoms with Crippen LogP contribution >= 0.6 is 0 Å². The van der Waals surface area contributed by atoms with Crippen LogP contribution in [-0.2, 0) is 22.7 Å². The molecule has 2 aromatic carbocycles. The van der Waals surface area contributed by atoms with Crippen LogP contribution in [0.3, 0.4) is 0 Å². The van der Waals surface area contributed by atoms with Crippen molar-refractivity contribution in [2.24, 2.45) is 0 Å². The van der Waals surface area contributed by atoms with Gasteiger partial charge in [0, 0.05) is 17.3 Å². The third-order valence-corrected chi connectivity index (χ3v) is 4.51. The van der Waals surface area contributed by atoms with Crippen LogP contribution in [0.5, 0.6) is 0 Å². The van der Waals surface area contributed by atoms with Gasteiger partial charge in [0.1, 0.15) is 12.4 Å². The molecule has 0 saturated carbocycles. The summed E-state index contributed by atoms with van der Waals surface area (Å²) < 4.78 is 16.0. The Hall–Kier alpha value is -4.17. The highest BCUT2D eigenvalue weighted by Crippen LogP contribution is 2.19. The van der Waals surface area contributed by atoms with Crippen LogP contribution in [0.15, 0.2) is 88.0 Å². The fraction of sp³-hybridized carbons (Fsp3) is 0.125. The number of carbonyl (C=O) groups is 2. The van der Waals surface area contributed by atoms with Gasteiger partial charge in [0.25, 0.3) is 5.91 Å². The third kappa shape index (κ3) is 5.71. The summed E-state index contributed by atoms with van der Waals surface area (Å²) in [6.07, 6.45) is 1.60. The molecule has 0 aliphatic heterocycles. The van der Waals surface area contributed by atoms with Gasteiger partial charge >= 0.3 is 0 Å². The summed E-state index contributed by atoms with van der Waals surface area (Å²) in [5.41, 5.74) is 2.42. The van der Waals surface area contributed by atoms with Gasteiger partial charge in [0.2, 0.25) is 5.91 Å². The maximum atomic E-state index is 12.3. The van der Waals surface area contributed by atoms with Crippen LogP contribution in [0.2, 0.25) is 0 Å². The van der Waals surface area contributed by atoms with Gasteiger partial charge in [-0.1, -0.05) is 47.6 Å². The molecule has 0 radical (unpaired) electrons. The third-order valence-electron chi connectivity index (χ3n) is 4.51. The molecule has 2 N–H and O–H groups in total. The number of amides is 2. The summed E-state index contributed by atoms with van der Waals surface area (Å²) >= 11 is 0. The molecule has 32 heavy (non-hydrogen) atoms. The van der Waals surface area contributed by atoms with Gasteiger partial charge in [-0.2, -0.15) is 0 Å². The van der Waals surface area contributed by atoms with E-state index < -0.39 is 5.91 Å². The van der Waals surface area contributed by atoms with Gasteiger partial charge in [-0.15, -0.1) is 0 Å². The smallest absolute Gasteiger partial charge is 0.273 e. The fourth-order valence-corrected chi connectivity index (χ4v) is 2.98. The van der Waals surface area contributed by atoms with E-state index in [1.54, 1.807) is 18.4 Å². The summed E-state index contributed by atoms with van der Waals surface area (Å²) in [6.45, 7) is 0.534. The molecule has 2 amide bonds. The normalized spacial score (nSPS) is 10.6. The summed E-state index contributed by atoms with van der Waals surface area (Å²) in [5, 5.41) is 9.07. The molecular weight excluding hydrogens is 410 g/mol. The van der Waals surface area contributed by atoms with Gasteiger partial charge in [-0.25, -0.2) is 0 Å². The second-order valence-electron chi connectivity index (χ2n) is 6.95. The molecule has 0 unspecified atom stereocenters. The summed E-state index contributed by atoms with van der Waals surface area (Å²) in [4.78, 5) is 24.5. The molecule has 162 valence electrons. The monoisotopic (exact) mass is 431 g/mol. The highest BCUT2D eigenvalue weighted by atomic mass is 16.5. The predicted molar refractivity (Wildman–Crippen MR) is 117 cm³/mol. The first-order chi connectivity index (χ1) is 15.7. The fourth-order valence-electron chi connectivity index (χ4n) is 2.98. The lowest BCUT2D eigenvalue weighted by Gasteiger charge is -2.08.